The molecule has 0 bridgehead atoms. The van der Waals surface area contributed by atoms with Gasteiger partial charge in [0.2, 0.25) is 5.91 Å². The van der Waals surface area contributed by atoms with Gasteiger partial charge in [-0.05, 0) is 55.8 Å². The number of hydrogen-bond acceptors (Lipinski definition) is 4. The fraction of sp³-hybridized carbons (Fsp3) is 0.182. The van der Waals surface area contributed by atoms with Crippen molar-refractivity contribution < 1.29 is 9.53 Å². The van der Waals surface area contributed by atoms with Crippen molar-refractivity contribution in [3.05, 3.63) is 78.5 Å². The molecule has 5 heteroatoms. The Hall–Kier alpha value is -3.34. The summed E-state index contributed by atoms with van der Waals surface area (Å²) in [7, 11) is 0. The van der Waals surface area contributed by atoms with E-state index in [9.17, 15) is 4.79 Å². The number of aromatic nitrogens is 1. The lowest BCUT2D eigenvalue weighted by molar-refractivity contribution is -0.115. The van der Waals surface area contributed by atoms with Gasteiger partial charge in [-0.2, -0.15) is 0 Å². The normalized spacial score (nSPS) is 10.5. The molecular weight excluding hydrogens is 338 g/mol. The summed E-state index contributed by atoms with van der Waals surface area (Å²) in [6.45, 7) is 4.00. The number of carbonyl (C=O) groups is 1. The van der Waals surface area contributed by atoms with Crippen LogP contribution in [0.15, 0.2) is 72.9 Å². The van der Waals surface area contributed by atoms with Gasteiger partial charge in [-0.3, -0.25) is 4.79 Å². The van der Waals surface area contributed by atoms with Gasteiger partial charge in [0.15, 0.2) is 0 Å². The van der Waals surface area contributed by atoms with Crippen LogP contribution in [0, 0.1) is 0 Å². The minimum absolute atomic E-state index is 0.0878. The van der Waals surface area contributed by atoms with Crippen LogP contribution in [0.3, 0.4) is 0 Å². The Balaban J connectivity index is 1.54. The molecule has 1 amide bonds. The quantitative estimate of drug-likeness (QED) is 0.635. The molecule has 0 atom stereocenters. The molecule has 3 aromatic rings. The van der Waals surface area contributed by atoms with E-state index in [-0.39, 0.29) is 12.0 Å². The third kappa shape index (κ3) is 5.85. The van der Waals surface area contributed by atoms with E-state index in [2.05, 4.69) is 15.6 Å². The van der Waals surface area contributed by atoms with Crippen molar-refractivity contribution in [3.63, 3.8) is 0 Å². The van der Waals surface area contributed by atoms with E-state index in [0.717, 1.165) is 22.7 Å². The van der Waals surface area contributed by atoms with Crippen molar-refractivity contribution in [1.82, 2.24) is 4.98 Å². The topological polar surface area (TPSA) is 63.2 Å². The monoisotopic (exact) mass is 361 g/mol. The second-order valence-corrected chi connectivity index (χ2v) is 6.46. The minimum atomic E-state index is -0.0878. The van der Waals surface area contributed by atoms with Gasteiger partial charge in [0.1, 0.15) is 11.6 Å². The maximum Gasteiger partial charge on any atom is 0.229 e. The highest BCUT2D eigenvalue weighted by molar-refractivity contribution is 5.91. The van der Waals surface area contributed by atoms with E-state index in [0.29, 0.717) is 12.2 Å². The number of anilines is 3. The zero-order chi connectivity index (χ0) is 19.1. The van der Waals surface area contributed by atoms with Crippen LogP contribution in [0.1, 0.15) is 19.4 Å². The van der Waals surface area contributed by atoms with Crippen molar-refractivity contribution in [1.29, 1.82) is 0 Å². The maximum absolute atomic E-state index is 12.1. The smallest absolute Gasteiger partial charge is 0.229 e. The van der Waals surface area contributed by atoms with Gasteiger partial charge in [0.05, 0.1) is 24.4 Å². The Kier molecular flexibility index (Phi) is 6.05. The molecule has 0 spiro atoms. The number of carbonyl (C=O) groups excluding carboxylic acids is 1. The summed E-state index contributed by atoms with van der Waals surface area (Å²) in [5.41, 5.74) is 2.75. The molecule has 2 aromatic carbocycles. The second-order valence-electron chi connectivity index (χ2n) is 6.46. The van der Waals surface area contributed by atoms with Crippen LogP contribution >= 0.6 is 0 Å². The Morgan fingerprint density at radius 2 is 1.67 bits per heavy atom. The van der Waals surface area contributed by atoms with E-state index in [1.807, 2.05) is 74.5 Å². The molecule has 1 heterocycles. The van der Waals surface area contributed by atoms with Crippen LogP contribution < -0.4 is 15.4 Å². The number of nitrogens with one attached hydrogen (secondary N) is 2. The Morgan fingerprint density at radius 1 is 0.963 bits per heavy atom. The lowest BCUT2D eigenvalue weighted by atomic mass is 10.1. The summed E-state index contributed by atoms with van der Waals surface area (Å²) in [5, 5.41) is 6.09. The standard InChI is InChI=1S/C22H23N3O2/c1-16(2)27-20-11-8-18(9-12-20)24-19-10-13-21(23-15-19)25-22(26)14-17-6-4-3-5-7-17/h3-13,15-16,24H,14H2,1-2H3,(H,23,25,26). The Labute approximate surface area is 159 Å². The van der Waals surface area contributed by atoms with Crippen molar-refractivity contribution in [3.8, 4) is 5.75 Å². The molecule has 0 radical (unpaired) electrons. The van der Waals surface area contributed by atoms with Gasteiger partial charge < -0.3 is 15.4 Å². The highest BCUT2D eigenvalue weighted by Gasteiger charge is 2.05. The van der Waals surface area contributed by atoms with Gasteiger partial charge in [-0.15, -0.1) is 0 Å². The number of benzene rings is 2. The zero-order valence-electron chi connectivity index (χ0n) is 15.5. The molecule has 0 aliphatic rings. The minimum Gasteiger partial charge on any atom is -0.491 e. The lowest BCUT2D eigenvalue weighted by Crippen LogP contribution is -2.15. The highest BCUT2D eigenvalue weighted by atomic mass is 16.5. The molecule has 0 saturated heterocycles. The van der Waals surface area contributed by atoms with E-state index in [1.54, 1.807) is 12.3 Å². The molecule has 0 aliphatic heterocycles. The fourth-order valence-corrected chi connectivity index (χ4v) is 2.57. The van der Waals surface area contributed by atoms with Crippen molar-refractivity contribution in [2.45, 2.75) is 26.4 Å². The molecule has 5 nitrogen and oxygen atoms in total. The summed E-state index contributed by atoms with van der Waals surface area (Å²) < 4.78 is 5.63. The number of pyridine rings is 1. The van der Waals surface area contributed by atoms with Gasteiger partial charge in [-0.1, -0.05) is 30.3 Å². The van der Waals surface area contributed by atoms with E-state index in [4.69, 9.17) is 4.74 Å². The Bertz CT molecular complexity index is 860. The maximum atomic E-state index is 12.1. The molecule has 1 aromatic heterocycles. The van der Waals surface area contributed by atoms with Crippen LogP contribution in [0.2, 0.25) is 0 Å². The number of ether oxygens (including phenoxy) is 1. The van der Waals surface area contributed by atoms with Crippen molar-refractivity contribution in [2.75, 3.05) is 10.6 Å². The van der Waals surface area contributed by atoms with Crippen LogP contribution in [0.4, 0.5) is 17.2 Å². The van der Waals surface area contributed by atoms with Crippen molar-refractivity contribution >= 4 is 23.1 Å². The summed E-state index contributed by atoms with van der Waals surface area (Å²) >= 11 is 0. The van der Waals surface area contributed by atoms with Crippen LogP contribution in [0.25, 0.3) is 0 Å². The predicted molar refractivity (Wildman–Crippen MR) is 109 cm³/mol. The van der Waals surface area contributed by atoms with Crippen molar-refractivity contribution in [2.24, 2.45) is 0 Å². The molecule has 0 aliphatic carbocycles. The molecule has 138 valence electrons. The molecule has 3 rings (SSSR count). The number of nitrogens with zero attached hydrogens (tertiary/aromatic N) is 1. The zero-order valence-corrected chi connectivity index (χ0v) is 15.5. The molecule has 0 unspecified atom stereocenters. The molecule has 0 saturated carbocycles. The predicted octanol–water partition coefficient (Wildman–Crippen LogP) is 4.79. The molecular formula is C22H23N3O2. The highest BCUT2D eigenvalue weighted by Crippen LogP contribution is 2.21. The largest absolute Gasteiger partial charge is 0.491 e. The van der Waals surface area contributed by atoms with Gasteiger partial charge in [-0.25, -0.2) is 4.98 Å². The van der Waals surface area contributed by atoms with Gasteiger partial charge in [0, 0.05) is 5.69 Å². The van der Waals surface area contributed by atoms with Crippen LogP contribution in [-0.4, -0.2) is 17.0 Å². The third-order valence-electron chi connectivity index (χ3n) is 3.75. The number of hydrogen-bond donors (Lipinski definition) is 2. The van der Waals surface area contributed by atoms with Crippen LogP contribution in [-0.2, 0) is 11.2 Å². The van der Waals surface area contributed by atoms with Gasteiger partial charge in [0.25, 0.3) is 0 Å². The molecule has 0 fully saturated rings. The SMILES string of the molecule is CC(C)Oc1ccc(Nc2ccc(NC(=O)Cc3ccccc3)nc2)cc1. The molecule has 27 heavy (non-hydrogen) atoms. The third-order valence-corrected chi connectivity index (χ3v) is 3.75. The van der Waals surface area contributed by atoms with E-state index in [1.165, 1.54) is 0 Å². The average Bonchev–Trinajstić information content (AvgIpc) is 2.65. The number of amides is 1. The summed E-state index contributed by atoms with van der Waals surface area (Å²) in [5.74, 6) is 1.28. The van der Waals surface area contributed by atoms with E-state index < -0.39 is 0 Å². The first-order valence-corrected chi connectivity index (χ1v) is 8.92. The summed E-state index contributed by atoms with van der Waals surface area (Å²) in [6.07, 6.45) is 2.17. The second kappa shape index (κ2) is 8.85. The first-order valence-electron chi connectivity index (χ1n) is 8.92. The van der Waals surface area contributed by atoms with E-state index >= 15 is 0 Å². The molecule has 2 N–H and O–H groups in total. The first-order chi connectivity index (χ1) is 13.1. The lowest BCUT2D eigenvalue weighted by Gasteiger charge is -2.11. The average molecular weight is 361 g/mol. The summed E-state index contributed by atoms with van der Waals surface area (Å²) in [4.78, 5) is 16.4. The Morgan fingerprint density at radius 3 is 2.30 bits per heavy atom. The summed E-state index contributed by atoms with van der Waals surface area (Å²) in [6, 6.07) is 21.0. The first kappa shape index (κ1) is 18.5. The fourth-order valence-electron chi connectivity index (χ4n) is 2.57. The number of rotatable bonds is 7. The van der Waals surface area contributed by atoms with Gasteiger partial charge >= 0.3 is 0 Å². The van der Waals surface area contributed by atoms with Crippen LogP contribution in [0.5, 0.6) is 5.75 Å².